The van der Waals surface area contributed by atoms with E-state index in [1.54, 1.807) is 30.3 Å². The van der Waals surface area contributed by atoms with Crippen LogP contribution < -0.4 is 10.5 Å². The molecule has 40 heavy (non-hydrogen) atoms. The average Bonchev–Trinajstić information content (AvgIpc) is 3.54. The summed E-state index contributed by atoms with van der Waals surface area (Å²) in [6.07, 6.45) is 9.64. The van der Waals surface area contributed by atoms with Crippen LogP contribution in [0.5, 0.6) is 11.5 Å². The third-order valence-electron chi connectivity index (χ3n) is 7.85. The van der Waals surface area contributed by atoms with Crippen LogP contribution in [0.1, 0.15) is 31.7 Å². The fourth-order valence-corrected chi connectivity index (χ4v) is 5.34. The van der Waals surface area contributed by atoms with Gasteiger partial charge in [0.1, 0.15) is 35.2 Å². The molecule has 2 aromatic carbocycles. The van der Waals surface area contributed by atoms with Crippen molar-refractivity contribution in [2.45, 2.75) is 37.8 Å². The highest BCUT2D eigenvalue weighted by Gasteiger charge is 2.30. The Morgan fingerprint density at radius 3 is 2.73 bits per heavy atom. The number of nitrogen functional groups attached to an aromatic ring is 1. The first-order valence-electron chi connectivity index (χ1n) is 13.6. The van der Waals surface area contributed by atoms with Crippen molar-refractivity contribution >= 4 is 22.8 Å². The first-order valence-corrected chi connectivity index (χ1v) is 13.6. The molecule has 4 aromatic rings. The lowest BCUT2D eigenvalue weighted by Gasteiger charge is -2.33. The molecule has 9 nitrogen and oxygen atoms in total. The maximum atomic E-state index is 13.5. The predicted molar refractivity (Wildman–Crippen MR) is 151 cm³/mol. The maximum Gasteiger partial charge on any atom is 0.246 e. The number of aromatic nitrogens is 4. The highest BCUT2D eigenvalue weighted by molar-refractivity contribution is 5.98. The predicted octanol–water partition coefficient (Wildman–Crippen LogP) is 4.82. The summed E-state index contributed by atoms with van der Waals surface area (Å²) in [5.74, 6) is 0.987. The number of carbonyl (C=O) groups is 1. The number of nitrogens with zero attached hydrogens (tertiary/aromatic N) is 6. The lowest BCUT2D eigenvalue weighted by Crippen LogP contribution is -2.37. The minimum Gasteiger partial charge on any atom is -0.457 e. The Hall–Kier alpha value is -4.31. The van der Waals surface area contributed by atoms with E-state index >= 15 is 0 Å². The Bertz CT molecular complexity index is 1550. The van der Waals surface area contributed by atoms with Crippen LogP contribution in [0.15, 0.2) is 67.0 Å². The van der Waals surface area contributed by atoms with Gasteiger partial charge in [0.25, 0.3) is 0 Å². The summed E-state index contributed by atoms with van der Waals surface area (Å²) >= 11 is 0. The van der Waals surface area contributed by atoms with E-state index in [0.29, 0.717) is 53.2 Å². The van der Waals surface area contributed by atoms with E-state index in [-0.39, 0.29) is 17.8 Å². The number of benzene rings is 2. The quantitative estimate of drug-likeness (QED) is 0.319. The Labute approximate surface area is 232 Å². The molecule has 10 heteroatoms. The molecule has 0 spiro atoms. The Morgan fingerprint density at radius 1 is 1.15 bits per heavy atom. The van der Waals surface area contributed by atoms with Gasteiger partial charge in [0.05, 0.1) is 11.4 Å². The van der Waals surface area contributed by atoms with E-state index in [2.05, 4.69) is 21.9 Å². The molecule has 1 aliphatic heterocycles. The van der Waals surface area contributed by atoms with Gasteiger partial charge in [0.15, 0.2) is 5.65 Å². The lowest BCUT2D eigenvalue weighted by molar-refractivity contribution is -0.125. The zero-order valence-electron chi connectivity index (χ0n) is 22.4. The highest BCUT2D eigenvalue weighted by atomic mass is 19.1. The van der Waals surface area contributed by atoms with Gasteiger partial charge < -0.3 is 15.4 Å². The number of anilines is 1. The smallest absolute Gasteiger partial charge is 0.246 e. The topological polar surface area (TPSA) is 102 Å². The largest absolute Gasteiger partial charge is 0.457 e. The van der Waals surface area contributed by atoms with Crippen LogP contribution in [0.25, 0.3) is 22.3 Å². The van der Waals surface area contributed by atoms with Crippen molar-refractivity contribution in [1.82, 2.24) is 29.5 Å². The van der Waals surface area contributed by atoms with Crippen LogP contribution >= 0.6 is 0 Å². The van der Waals surface area contributed by atoms with Crippen molar-refractivity contribution in [2.75, 3.05) is 32.4 Å². The molecule has 6 rings (SSSR count). The van der Waals surface area contributed by atoms with Crippen LogP contribution in [0.3, 0.4) is 0 Å². The normalized spacial score (nSPS) is 17.7. The molecule has 1 unspecified atom stereocenters. The van der Waals surface area contributed by atoms with Crippen molar-refractivity contribution < 1.29 is 13.9 Å². The average molecular weight is 542 g/mol. The Kier molecular flexibility index (Phi) is 7.17. The van der Waals surface area contributed by atoms with Crippen molar-refractivity contribution in [2.24, 2.45) is 0 Å². The molecule has 2 N–H and O–H groups in total. The van der Waals surface area contributed by atoms with Gasteiger partial charge in [0.2, 0.25) is 5.91 Å². The SMILES string of the molecule is CN(C/C=C/C(=O)N1CCC(n2nc(-c3ccc(Oc4cccc(F)c4)cc3)c3c(N)ncnc32)C1)C1CCC1. The van der Waals surface area contributed by atoms with Gasteiger partial charge in [-0.05, 0) is 62.7 Å². The molecule has 0 bridgehead atoms. The van der Waals surface area contributed by atoms with Crippen molar-refractivity contribution in [3.8, 4) is 22.8 Å². The zero-order valence-corrected chi connectivity index (χ0v) is 22.4. The van der Waals surface area contributed by atoms with Crippen molar-refractivity contribution in [3.05, 3.63) is 72.8 Å². The Balaban J connectivity index is 1.19. The fraction of sp³-hybridized carbons (Fsp3) is 0.333. The van der Waals surface area contributed by atoms with Crippen LogP contribution in [-0.4, -0.2) is 68.2 Å². The second kappa shape index (κ2) is 11.1. The number of ether oxygens (including phenoxy) is 1. The van der Waals surface area contributed by atoms with Crippen LogP contribution in [0.4, 0.5) is 10.2 Å². The van der Waals surface area contributed by atoms with Crippen LogP contribution in [0.2, 0.25) is 0 Å². The first kappa shape index (κ1) is 25.9. The molecule has 1 saturated heterocycles. The number of rotatable bonds is 8. The lowest BCUT2D eigenvalue weighted by atomic mass is 9.92. The summed E-state index contributed by atoms with van der Waals surface area (Å²) in [6.45, 7) is 1.97. The number of hydrogen-bond donors (Lipinski definition) is 1. The third kappa shape index (κ3) is 5.27. The Morgan fingerprint density at radius 2 is 1.98 bits per heavy atom. The van der Waals surface area contributed by atoms with E-state index in [0.717, 1.165) is 18.5 Å². The third-order valence-corrected chi connectivity index (χ3v) is 7.85. The molecule has 2 fully saturated rings. The highest BCUT2D eigenvalue weighted by Crippen LogP contribution is 2.35. The summed E-state index contributed by atoms with van der Waals surface area (Å²) in [7, 11) is 2.11. The number of fused-ring (bicyclic) bond motifs is 1. The van der Waals surface area contributed by atoms with Crippen LogP contribution in [0, 0.1) is 5.82 Å². The second-order valence-corrected chi connectivity index (χ2v) is 10.5. The maximum absolute atomic E-state index is 13.5. The van der Waals surface area contributed by atoms with Gasteiger partial charge in [-0.2, -0.15) is 5.10 Å². The second-order valence-electron chi connectivity index (χ2n) is 10.5. The number of likely N-dealkylation sites (tertiary alicyclic amines) is 1. The number of hydrogen-bond acceptors (Lipinski definition) is 7. The monoisotopic (exact) mass is 541 g/mol. The molecule has 1 amide bonds. The van der Waals surface area contributed by atoms with Crippen molar-refractivity contribution in [3.63, 3.8) is 0 Å². The van der Waals surface area contributed by atoms with Crippen LogP contribution in [-0.2, 0) is 4.79 Å². The minimum atomic E-state index is -0.360. The minimum absolute atomic E-state index is 0.0178. The molecular weight excluding hydrogens is 509 g/mol. The van der Waals surface area contributed by atoms with Gasteiger partial charge >= 0.3 is 0 Å². The number of carbonyl (C=O) groups excluding carboxylic acids is 1. The molecule has 1 saturated carbocycles. The summed E-state index contributed by atoms with van der Waals surface area (Å²) in [5, 5.41) is 5.59. The molecule has 3 heterocycles. The molecule has 206 valence electrons. The van der Waals surface area contributed by atoms with Gasteiger partial charge in [-0.3, -0.25) is 9.69 Å². The summed E-state index contributed by atoms with van der Waals surface area (Å²) in [4.78, 5) is 25.8. The summed E-state index contributed by atoms with van der Waals surface area (Å²) in [5.41, 5.74) is 8.42. The van der Waals surface area contributed by atoms with Gasteiger partial charge in [0, 0.05) is 43.4 Å². The number of likely N-dealkylation sites (N-methyl/N-ethyl adjacent to an activating group) is 1. The summed E-state index contributed by atoms with van der Waals surface area (Å²) < 4.78 is 21.2. The number of halogens is 1. The van der Waals surface area contributed by atoms with E-state index < -0.39 is 0 Å². The molecule has 1 aliphatic carbocycles. The van der Waals surface area contributed by atoms with E-state index in [4.69, 9.17) is 15.6 Å². The zero-order chi connectivity index (χ0) is 27.6. The molecule has 2 aromatic heterocycles. The van der Waals surface area contributed by atoms with Gasteiger partial charge in [-0.1, -0.05) is 18.6 Å². The van der Waals surface area contributed by atoms with E-state index in [9.17, 15) is 9.18 Å². The van der Waals surface area contributed by atoms with Gasteiger partial charge in [-0.25, -0.2) is 19.0 Å². The molecule has 0 radical (unpaired) electrons. The molecule has 2 aliphatic rings. The number of amides is 1. The number of nitrogens with two attached hydrogens (primary N) is 1. The molecular formula is C30H32FN7O2. The van der Waals surface area contributed by atoms with E-state index in [1.165, 1.54) is 37.7 Å². The molecule has 1 atom stereocenters. The fourth-order valence-electron chi connectivity index (χ4n) is 5.34. The van der Waals surface area contributed by atoms with E-state index in [1.807, 2.05) is 27.8 Å². The standard InChI is InChI=1S/C30H32FN7O2/c1-36(22-6-3-7-22)15-4-9-26(39)37-16-14-23(18-37)38-30-27(29(32)33-19-34-30)28(35-38)20-10-12-24(13-11-20)40-25-8-2-5-21(31)17-25/h2,4-5,8-13,17,19,22-23H,3,6-7,14-16,18H2,1H3,(H2,32,33,34)/b9-4+. The van der Waals surface area contributed by atoms with Gasteiger partial charge in [-0.15, -0.1) is 0 Å². The summed E-state index contributed by atoms with van der Waals surface area (Å²) in [6, 6.07) is 14.0. The van der Waals surface area contributed by atoms with Crippen molar-refractivity contribution in [1.29, 1.82) is 0 Å². The first-order chi connectivity index (χ1) is 19.5.